The number of ether oxygens (including phenoxy) is 1. The lowest BCUT2D eigenvalue weighted by Gasteiger charge is -2.39. The van der Waals surface area contributed by atoms with Crippen LogP contribution in [-0.4, -0.2) is 75.8 Å². The Labute approximate surface area is 177 Å². The lowest BCUT2D eigenvalue weighted by atomic mass is 9.92. The van der Waals surface area contributed by atoms with Gasteiger partial charge in [0.2, 0.25) is 0 Å². The molecule has 164 valence electrons. The zero-order valence-electron chi connectivity index (χ0n) is 19.1. The van der Waals surface area contributed by atoms with E-state index in [1.54, 1.807) is 0 Å². The molecule has 0 aromatic heterocycles. The highest BCUT2D eigenvalue weighted by atomic mass is 16.5. The molecule has 1 saturated heterocycles. The summed E-state index contributed by atoms with van der Waals surface area (Å²) in [5.41, 5.74) is 2.66. The van der Waals surface area contributed by atoms with Gasteiger partial charge in [0.15, 0.2) is 5.96 Å². The van der Waals surface area contributed by atoms with E-state index in [1.165, 1.54) is 24.0 Å². The molecule has 0 saturated carbocycles. The summed E-state index contributed by atoms with van der Waals surface area (Å²) in [5, 5.41) is 7.10. The highest BCUT2D eigenvalue weighted by Crippen LogP contribution is 2.19. The van der Waals surface area contributed by atoms with E-state index < -0.39 is 0 Å². The molecule has 1 aliphatic rings. The smallest absolute Gasteiger partial charge is 0.191 e. The van der Waals surface area contributed by atoms with Gasteiger partial charge in [-0.25, -0.2) is 0 Å². The molecule has 1 atom stereocenters. The van der Waals surface area contributed by atoms with Crippen LogP contribution in [0.5, 0.6) is 0 Å². The van der Waals surface area contributed by atoms with Crippen LogP contribution in [0, 0.1) is 5.92 Å². The van der Waals surface area contributed by atoms with Gasteiger partial charge in [0, 0.05) is 45.8 Å². The van der Waals surface area contributed by atoms with Gasteiger partial charge in [-0.05, 0) is 31.1 Å². The summed E-state index contributed by atoms with van der Waals surface area (Å²) in [6, 6.07) is 9.12. The fourth-order valence-electron chi connectivity index (χ4n) is 4.16. The van der Waals surface area contributed by atoms with Crippen LogP contribution < -0.4 is 10.6 Å². The van der Waals surface area contributed by atoms with Gasteiger partial charge in [-0.1, -0.05) is 51.0 Å². The van der Waals surface area contributed by atoms with E-state index in [4.69, 9.17) is 4.74 Å². The molecule has 0 amide bonds. The maximum Gasteiger partial charge on any atom is 0.191 e. The lowest BCUT2D eigenvalue weighted by Crippen LogP contribution is -2.53. The third-order valence-corrected chi connectivity index (χ3v) is 5.86. The average molecular weight is 404 g/mol. The van der Waals surface area contributed by atoms with Crippen molar-refractivity contribution < 1.29 is 4.74 Å². The second kappa shape index (κ2) is 12.8. The van der Waals surface area contributed by atoms with Crippen molar-refractivity contribution in [1.82, 2.24) is 20.4 Å². The van der Waals surface area contributed by atoms with Gasteiger partial charge in [0.05, 0.1) is 13.2 Å². The summed E-state index contributed by atoms with van der Waals surface area (Å²) in [6.45, 7) is 10.9. The molecule has 0 aliphatic carbocycles. The van der Waals surface area contributed by atoms with Crippen molar-refractivity contribution in [2.45, 2.75) is 45.8 Å². The van der Waals surface area contributed by atoms with Crippen LogP contribution in [0.15, 0.2) is 29.3 Å². The van der Waals surface area contributed by atoms with Crippen molar-refractivity contribution >= 4 is 5.96 Å². The standard InChI is InChI=1S/C23H41N5O/c1-6-19(7-2)22(28-12-14-29-15-13-28)17-26-23(24-3)25-16-20-10-8-9-11-21(20)18-27(4)5/h8-11,19,22H,6-7,12-18H2,1-5H3,(H2,24,25,26). The third kappa shape index (κ3) is 7.61. The summed E-state index contributed by atoms with van der Waals surface area (Å²) < 4.78 is 5.57. The minimum Gasteiger partial charge on any atom is -0.379 e. The van der Waals surface area contributed by atoms with Crippen molar-refractivity contribution in [1.29, 1.82) is 0 Å². The predicted molar refractivity (Wildman–Crippen MR) is 122 cm³/mol. The molecular formula is C23H41N5O. The fraction of sp³-hybridized carbons (Fsp3) is 0.696. The second-order valence-electron chi connectivity index (χ2n) is 8.11. The van der Waals surface area contributed by atoms with Gasteiger partial charge >= 0.3 is 0 Å². The molecule has 1 heterocycles. The first-order valence-electron chi connectivity index (χ1n) is 11.1. The van der Waals surface area contributed by atoms with Crippen LogP contribution in [0.2, 0.25) is 0 Å². The molecule has 6 heteroatoms. The van der Waals surface area contributed by atoms with Crippen molar-refractivity contribution in [2.24, 2.45) is 10.9 Å². The monoisotopic (exact) mass is 403 g/mol. The minimum atomic E-state index is 0.508. The Morgan fingerprint density at radius 2 is 1.76 bits per heavy atom. The summed E-state index contributed by atoms with van der Waals surface area (Å²) in [7, 11) is 6.06. The number of nitrogens with one attached hydrogen (secondary N) is 2. The van der Waals surface area contributed by atoms with Gasteiger partial charge in [-0.15, -0.1) is 0 Å². The minimum absolute atomic E-state index is 0.508. The molecule has 0 bridgehead atoms. The normalized spacial score (nSPS) is 17.0. The number of rotatable bonds is 10. The van der Waals surface area contributed by atoms with E-state index in [2.05, 4.69) is 77.6 Å². The van der Waals surface area contributed by atoms with Gasteiger partial charge in [-0.3, -0.25) is 9.89 Å². The first-order valence-corrected chi connectivity index (χ1v) is 11.1. The van der Waals surface area contributed by atoms with E-state index in [1.807, 2.05) is 7.05 Å². The van der Waals surface area contributed by atoms with Crippen LogP contribution in [0.25, 0.3) is 0 Å². The molecular weight excluding hydrogens is 362 g/mol. The topological polar surface area (TPSA) is 52.1 Å². The molecule has 0 spiro atoms. The Morgan fingerprint density at radius 1 is 1.10 bits per heavy atom. The third-order valence-electron chi connectivity index (χ3n) is 5.86. The molecule has 29 heavy (non-hydrogen) atoms. The second-order valence-corrected chi connectivity index (χ2v) is 8.11. The van der Waals surface area contributed by atoms with Gasteiger partial charge < -0.3 is 20.3 Å². The summed E-state index contributed by atoms with van der Waals surface area (Å²) in [6.07, 6.45) is 2.40. The number of hydrogen-bond donors (Lipinski definition) is 2. The average Bonchev–Trinajstić information content (AvgIpc) is 2.74. The van der Waals surface area contributed by atoms with E-state index in [0.29, 0.717) is 12.0 Å². The molecule has 1 aliphatic heterocycles. The van der Waals surface area contributed by atoms with Gasteiger partial charge in [-0.2, -0.15) is 0 Å². The molecule has 2 rings (SSSR count). The highest BCUT2D eigenvalue weighted by Gasteiger charge is 2.27. The molecule has 0 radical (unpaired) electrons. The number of benzene rings is 1. The highest BCUT2D eigenvalue weighted by molar-refractivity contribution is 5.79. The fourth-order valence-corrected chi connectivity index (χ4v) is 4.16. The van der Waals surface area contributed by atoms with Crippen molar-refractivity contribution in [2.75, 3.05) is 54.0 Å². The molecule has 2 N–H and O–H groups in total. The molecule has 1 fully saturated rings. The first-order chi connectivity index (χ1) is 14.1. The van der Waals surface area contributed by atoms with Gasteiger partial charge in [0.1, 0.15) is 0 Å². The van der Waals surface area contributed by atoms with Crippen LogP contribution in [0.4, 0.5) is 0 Å². The number of nitrogens with zero attached hydrogens (tertiary/aromatic N) is 3. The Bertz CT molecular complexity index is 609. The van der Waals surface area contributed by atoms with E-state index in [-0.39, 0.29) is 0 Å². The van der Waals surface area contributed by atoms with Crippen LogP contribution in [0.3, 0.4) is 0 Å². The van der Waals surface area contributed by atoms with Gasteiger partial charge in [0.25, 0.3) is 0 Å². The number of aliphatic imine (C=N–C) groups is 1. The summed E-state index contributed by atoms with van der Waals surface area (Å²) in [5.74, 6) is 1.55. The Morgan fingerprint density at radius 3 is 2.34 bits per heavy atom. The SMILES string of the molecule is CCC(CC)C(CNC(=NC)NCc1ccccc1CN(C)C)N1CCOCC1. The van der Waals surface area contributed by atoms with Crippen LogP contribution in [-0.2, 0) is 17.8 Å². The maximum absolute atomic E-state index is 5.57. The largest absolute Gasteiger partial charge is 0.379 e. The van der Waals surface area contributed by atoms with Crippen molar-refractivity contribution in [3.05, 3.63) is 35.4 Å². The predicted octanol–water partition coefficient (Wildman–Crippen LogP) is 2.55. The molecule has 1 unspecified atom stereocenters. The Balaban J connectivity index is 1.96. The van der Waals surface area contributed by atoms with E-state index in [9.17, 15) is 0 Å². The summed E-state index contributed by atoms with van der Waals surface area (Å²) >= 11 is 0. The molecule has 6 nitrogen and oxygen atoms in total. The zero-order chi connectivity index (χ0) is 21.1. The number of hydrogen-bond acceptors (Lipinski definition) is 4. The molecule has 1 aromatic rings. The van der Waals surface area contributed by atoms with Crippen LogP contribution in [0.1, 0.15) is 37.8 Å². The zero-order valence-corrected chi connectivity index (χ0v) is 19.1. The van der Waals surface area contributed by atoms with Crippen molar-refractivity contribution in [3.8, 4) is 0 Å². The lowest BCUT2D eigenvalue weighted by molar-refractivity contribution is 0.00272. The number of morpholine rings is 1. The van der Waals surface area contributed by atoms with Crippen molar-refractivity contribution in [3.63, 3.8) is 0 Å². The van der Waals surface area contributed by atoms with Crippen LogP contribution >= 0.6 is 0 Å². The summed E-state index contributed by atoms with van der Waals surface area (Å²) in [4.78, 5) is 9.26. The first kappa shape index (κ1) is 23.6. The molecule has 1 aromatic carbocycles. The maximum atomic E-state index is 5.57. The van der Waals surface area contributed by atoms with E-state index in [0.717, 1.165) is 51.9 Å². The van der Waals surface area contributed by atoms with E-state index >= 15 is 0 Å². The number of guanidine groups is 1. The Hall–Kier alpha value is -1.63. The Kier molecular flexibility index (Phi) is 10.5. The quantitative estimate of drug-likeness (QED) is 0.464.